The minimum Gasteiger partial charge on any atom is -0.494 e. The first-order valence-corrected chi connectivity index (χ1v) is 12.8. The van der Waals surface area contributed by atoms with Crippen LogP contribution in [0.3, 0.4) is 0 Å². The molecular formula is C24H31FN2O4S. The van der Waals surface area contributed by atoms with Gasteiger partial charge in [-0.05, 0) is 69.7 Å². The number of hydrogen-bond donors (Lipinski definition) is 0. The molecule has 0 aliphatic carbocycles. The van der Waals surface area contributed by atoms with Crippen LogP contribution in [0.1, 0.15) is 31.2 Å². The van der Waals surface area contributed by atoms with Gasteiger partial charge in [-0.1, -0.05) is 18.2 Å². The molecule has 1 heterocycles. The number of sulfone groups is 1. The van der Waals surface area contributed by atoms with Gasteiger partial charge in [0, 0.05) is 30.8 Å². The highest BCUT2D eigenvalue weighted by Gasteiger charge is 2.27. The van der Waals surface area contributed by atoms with Crippen molar-refractivity contribution in [2.75, 3.05) is 33.0 Å². The Labute approximate surface area is 189 Å². The third kappa shape index (κ3) is 6.77. The maximum atomic E-state index is 14.2. The van der Waals surface area contributed by atoms with Crippen LogP contribution < -0.4 is 4.74 Å². The predicted molar refractivity (Wildman–Crippen MR) is 122 cm³/mol. The molecule has 2 aromatic carbocycles. The monoisotopic (exact) mass is 462 g/mol. The van der Waals surface area contributed by atoms with Crippen LogP contribution in [0.15, 0.2) is 53.4 Å². The molecule has 1 aliphatic rings. The maximum Gasteiger partial charge on any atom is 0.223 e. The van der Waals surface area contributed by atoms with E-state index < -0.39 is 9.84 Å². The smallest absolute Gasteiger partial charge is 0.223 e. The van der Waals surface area contributed by atoms with E-state index in [1.807, 2.05) is 4.90 Å². The average Bonchev–Trinajstić information content (AvgIpc) is 2.76. The zero-order valence-electron chi connectivity index (χ0n) is 18.7. The lowest BCUT2D eigenvalue weighted by Gasteiger charge is -2.37. The van der Waals surface area contributed by atoms with Crippen LogP contribution in [0.25, 0.3) is 0 Å². The molecule has 0 spiro atoms. The summed E-state index contributed by atoms with van der Waals surface area (Å²) in [5.74, 6) is 0.265. The molecule has 8 heteroatoms. The third-order valence-corrected chi connectivity index (χ3v) is 6.93. The first kappa shape index (κ1) is 24.2. The van der Waals surface area contributed by atoms with Crippen LogP contribution in [0.4, 0.5) is 4.39 Å². The van der Waals surface area contributed by atoms with E-state index >= 15 is 0 Å². The summed E-state index contributed by atoms with van der Waals surface area (Å²) in [7, 11) is -1.18. The van der Waals surface area contributed by atoms with Crippen molar-refractivity contribution in [1.82, 2.24) is 9.80 Å². The summed E-state index contributed by atoms with van der Waals surface area (Å²) >= 11 is 0. The molecule has 1 fully saturated rings. The summed E-state index contributed by atoms with van der Waals surface area (Å²) in [6, 6.07) is 12.9. The minimum atomic E-state index is -3.24. The number of hydrogen-bond acceptors (Lipinski definition) is 5. The van der Waals surface area contributed by atoms with Gasteiger partial charge in [0.2, 0.25) is 5.91 Å². The van der Waals surface area contributed by atoms with Crippen molar-refractivity contribution < 1.29 is 22.3 Å². The standard InChI is InChI=1S/C24H31FN2O4S/c1-26-15-13-20(14-16-26)27(18-19-6-3-4-7-23(19)25)24(28)8-5-17-31-21-9-11-22(12-10-21)32(2,29)30/h3-4,6-7,9-12,20H,5,8,13-18H2,1-2H3. The second-order valence-corrected chi connectivity index (χ2v) is 10.4. The highest BCUT2D eigenvalue weighted by molar-refractivity contribution is 7.90. The lowest BCUT2D eigenvalue weighted by Crippen LogP contribution is -2.46. The molecule has 0 N–H and O–H groups in total. The van der Waals surface area contributed by atoms with E-state index in [0.717, 1.165) is 32.2 Å². The van der Waals surface area contributed by atoms with Crippen molar-refractivity contribution in [1.29, 1.82) is 0 Å². The van der Waals surface area contributed by atoms with Crippen LogP contribution in [-0.4, -0.2) is 63.2 Å². The van der Waals surface area contributed by atoms with Crippen LogP contribution in [0.5, 0.6) is 5.75 Å². The van der Waals surface area contributed by atoms with Crippen LogP contribution in [0.2, 0.25) is 0 Å². The van der Waals surface area contributed by atoms with Gasteiger partial charge in [0.25, 0.3) is 0 Å². The zero-order valence-corrected chi connectivity index (χ0v) is 19.5. The fourth-order valence-electron chi connectivity index (χ4n) is 3.88. The Bertz CT molecular complexity index is 1000. The van der Waals surface area contributed by atoms with Crippen LogP contribution in [0, 0.1) is 5.82 Å². The van der Waals surface area contributed by atoms with E-state index in [2.05, 4.69) is 11.9 Å². The molecule has 0 radical (unpaired) electrons. The molecule has 0 unspecified atom stereocenters. The van der Waals surface area contributed by atoms with Crippen molar-refractivity contribution >= 4 is 15.7 Å². The summed E-state index contributed by atoms with van der Waals surface area (Å²) in [6.07, 6.45) is 3.74. The highest BCUT2D eigenvalue weighted by atomic mass is 32.2. The molecule has 0 aromatic heterocycles. The number of nitrogens with zero attached hydrogens (tertiary/aromatic N) is 2. The van der Waals surface area contributed by atoms with Gasteiger partial charge in [-0.25, -0.2) is 12.8 Å². The molecular weight excluding hydrogens is 431 g/mol. The largest absolute Gasteiger partial charge is 0.494 e. The van der Waals surface area contributed by atoms with E-state index in [4.69, 9.17) is 4.74 Å². The predicted octanol–water partition coefficient (Wildman–Crippen LogP) is 3.51. The second-order valence-electron chi connectivity index (χ2n) is 8.34. The Morgan fingerprint density at radius 1 is 1.12 bits per heavy atom. The number of ether oxygens (including phenoxy) is 1. The molecule has 2 aromatic rings. The van der Waals surface area contributed by atoms with Gasteiger partial charge in [-0.15, -0.1) is 0 Å². The van der Waals surface area contributed by atoms with E-state index in [1.165, 1.54) is 18.2 Å². The molecule has 6 nitrogen and oxygen atoms in total. The average molecular weight is 463 g/mol. The number of piperidine rings is 1. The molecule has 0 saturated carbocycles. The van der Waals surface area contributed by atoms with Gasteiger partial charge < -0.3 is 14.5 Å². The summed E-state index contributed by atoms with van der Waals surface area (Å²) in [6.45, 7) is 2.44. The molecule has 1 aliphatic heterocycles. The number of carbonyl (C=O) groups is 1. The highest BCUT2D eigenvalue weighted by Crippen LogP contribution is 2.21. The Balaban J connectivity index is 1.56. The van der Waals surface area contributed by atoms with E-state index in [1.54, 1.807) is 30.3 Å². The van der Waals surface area contributed by atoms with Crippen molar-refractivity contribution in [3.05, 3.63) is 59.9 Å². The lowest BCUT2D eigenvalue weighted by molar-refractivity contribution is -0.135. The third-order valence-electron chi connectivity index (χ3n) is 5.80. The number of likely N-dealkylation sites (tertiary alicyclic amines) is 1. The summed E-state index contributed by atoms with van der Waals surface area (Å²) in [4.78, 5) is 17.4. The summed E-state index contributed by atoms with van der Waals surface area (Å²) in [5.41, 5.74) is 0.530. The summed E-state index contributed by atoms with van der Waals surface area (Å²) < 4.78 is 43.0. The number of benzene rings is 2. The fourth-order valence-corrected chi connectivity index (χ4v) is 4.51. The van der Waals surface area contributed by atoms with Gasteiger partial charge in [0.15, 0.2) is 9.84 Å². The quantitative estimate of drug-likeness (QED) is 0.534. The number of halogens is 1. The lowest BCUT2D eigenvalue weighted by atomic mass is 10.0. The maximum absolute atomic E-state index is 14.2. The van der Waals surface area contributed by atoms with Crippen LogP contribution in [-0.2, 0) is 21.2 Å². The molecule has 3 rings (SSSR count). The second kappa shape index (κ2) is 10.9. The number of rotatable bonds is 9. The minimum absolute atomic E-state index is 0.00108. The Morgan fingerprint density at radius 3 is 2.41 bits per heavy atom. The van der Waals surface area contributed by atoms with Crippen LogP contribution >= 0.6 is 0 Å². The van der Waals surface area contributed by atoms with Crippen molar-refractivity contribution in [2.45, 2.75) is 43.2 Å². The molecule has 174 valence electrons. The Morgan fingerprint density at radius 2 is 1.78 bits per heavy atom. The fraction of sp³-hybridized carbons (Fsp3) is 0.458. The molecule has 1 saturated heterocycles. The van der Waals surface area contributed by atoms with Gasteiger partial charge in [-0.3, -0.25) is 4.79 Å². The Kier molecular flexibility index (Phi) is 8.26. The molecule has 32 heavy (non-hydrogen) atoms. The van der Waals surface area contributed by atoms with Crippen molar-refractivity contribution in [3.63, 3.8) is 0 Å². The van der Waals surface area contributed by atoms with Crippen molar-refractivity contribution in [2.24, 2.45) is 0 Å². The van der Waals surface area contributed by atoms with Gasteiger partial charge in [-0.2, -0.15) is 0 Å². The Hall–Kier alpha value is -2.45. The van der Waals surface area contributed by atoms with Gasteiger partial charge in [0.1, 0.15) is 11.6 Å². The van der Waals surface area contributed by atoms with Gasteiger partial charge in [0.05, 0.1) is 11.5 Å². The SMILES string of the molecule is CN1CCC(N(Cc2ccccc2F)C(=O)CCCOc2ccc(S(C)(=O)=O)cc2)CC1. The topological polar surface area (TPSA) is 66.9 Å². The van der Waals surface area contributed by atoms with E-state index in [0.29, 0.717) is 30.8 Å². The molecule has 1 amide bonds. The van der Waals surface area contributed by atoms with Crippen molar-refractivity contribution in [3.8, 4) is 5.75 Å². The normalized spacial score (nSPS) is 15.5. The first-order valence-electron chi connectivity index (χ1n) is 10.9. The van der Waals surface area contributed by atoms with E-state index in [9.17, 15) is 17.6 Å². The van der Waals surface area contributed by atoms with E-state index in [-0.39, 0.29) is 29.2 Å². The van der Waals surface area contributed by atoms with Gasteiger partial charge >= 0.3 is 0 Å². The number of carbonyl (C=O) groups excluding carboxylic acids is 1. The zero-order chi connectivity index (χ0) is 23.1. The first-order chi connectivity index (χ1) is 15.2. The molecule has 0 bridgehead atoms. The molecule has 0 atom stereocenters. The number of amides is 1. The summed E-state index contributed by atoms with van der Waals surface area (Å²) in [5, 5.41) is 0.